The number of nitrogens with one attached hydrogen (secondary N) is 1. The molecule has 1 aliphatic rings. The Kier molecular flexibility index (Phi) is 5.37. The lowest BCUT2D eigenvalue weighted by Gasteiger charge is -2.26. The Morgan fingerprint density at radius 2 is 1.96 bits per heavy atom. The zero-order valence-corrected chi connectivity index (χ0v) is 14.3. The first-order valence-electron chi connectivity index (χ1n) is 8.11. The number of fused-ring (bicyclic) bond motifs is 1. The van der Waals surface area contributed by atoms with Crippen LogP contribution < -0.4 is 5.32 Å². The van der Waals surface area contributed by atoms with Crippen LogP contribution in [0.2, 0.25) is 0 Å². The lowest BCUT2D eigenvalue weighted by atomic mass is 9.88. The fourth-order valence-corrected chi connectivity index (χ4v) is 3.82. The molecule has 1 aliphatic carbocycles. The highest BCUT2D eigenvalue weighted by Crippen LogP contribution is 2.32. The minimum Gasteiger partial charge on any atom is -0.349 e. The van der Waals surface area contributed by atoms with Gasteiger partial charge in [0.2, 0.25) is 5.91 Å². The predicted molar refractivity (Wildman–Crippen MR) is 92.4 cm³/mol. The van der Waals surface area contributed by atoms with Crippen molar-refractivity contribution in [3.05, 3.63) is 65.2 Å². The summed E-state index contributed by atoms with van der Waals surface area (Å²) >= 11 is 1.12. The summed E-state index contributed by atoms with van der Waals surface area (Å²) in [4.78, 5) is 12.7. The maximum absolute atomic E-state index is 12.7. The van der Waals surface area contributed by atoms with E-state index in [4.69, 9.17) is 0 Å². The first-order valence-corrected chi connectivity index (χ1v) is 9.09. The number of hydrogen-bond acceptors (Lipinski definition) is 2. The van der Waals surface area contributed by atoms with Crippen LogP contribution in [0.1, 0.15) is 35.6 Å². The van der Waals surface area contributed by atoms with Crippen LogP contribution in [0.3, 0.4) is 0 Å². The number of carbonyl (C=O) groups excluding carboxylic acids is 1. The summed E-state index contributed by atoms with van der Waals surface area (Å²) in [5.74, 6) is -0.0657. The van der Waals surface area contributed by atoms with E-state index in [9.17, 15) is 18.0 Å². The average molecular weight is 365 g/mol. The van der Waals surface area contributed by atoms with Crippen LogP contribution in [0.4, 0.5) is 13.2 Å². The zero-order chi connectivity index (χ0) is 17.9. The van der Waals surface area contributed by atoms with Crippen molar-refractivity contribution in [3.63, 3.8) is 0 Å². The topological polar surface area (TPSA) is 29.1 Å². The van der Waals surface area contributed by atoms with Crippen molar-refractivity contribution in [1.29, 1.82) is 0 Å². The fourth-order valence-electron chi connectivity index (χ4n) is 3.05. The minimum atomic E-state index is -4.37. The molecular weight excluding hydrogens is 347 g/mol. The maximum atomic E-state index is 12.7. The molecule has 0 radical (unpaired) electrons. The van der Waals surface area contributed by atoms with Gasteiger partial charge in [0.05, 0.1) is 17.4 Å². The van der Waals surface area contributed by atoms with Crippen molar-refractivity contribution in [2.45, 2.75) is 36.4 Å². The first-order chi connectivity index (χ1) is 11.9. The SMILES string of the molecule is O=C(CSc1cccc(C(F)(F)F)c1)N[C@@H]1CCCc2ccccc21. The molecule has 3 rings (SSSR count). The summed E-state index contributed by atoms with van der Waals surface area (Å²) in [7, 11) is 0. The monoisotopic (exact) mass is 365 g/mol. The molecule has 0 aliphatic heterocycles. The number of halogens is 3. The quantitative estimate of drug-likeness (QED) is 0.774. The number of thioether (sulfide) groups is 1. The van der Waals surface area contributed by atoms with Crippen molar-refractivity contribution in [2.75, 3.05) is 5.75 Å². The minimum absolute atomic E-state index is 0.0143. The molecule has 0 saturated carbocycles. The van der Waals surface area contributed by atoms with E-state index in [0.717, 1.165) is 48.7 Å². The van der Waals surface area contributed by atoms with Gasteiger partial charge in [-0.15, -0.1) is 11.8 Å². The summed E-state index contributed by atoms with van der Waals surface area (Å²) in [6.45, 7) is 0. The zero-order valence-electron chi connectivity index (χ0n) is 13.5. The van der Waals surface area contributed by atoms with Gasteiger partial charge < -0.3 is 5.32 Å². The first kappa shape index (κ1) is 17.9. The van der Waals surface area contributed by atoms with E-state index < -0.39 is 11.7 Å². The van der Waals surface area contributed by atoms with Gasteiger partial charge >= 0.3 is 6.18 Å². The second kappa shape index (κ2) is 7.52. The van der Waals surface area contributed by atoms with Crippen molar-refractivity contribution < 1.29 is 18.0 Å². The Morgan fingerprint density at radius 1 is 1.16 bits per heavy atom. The number of alkyl halides is 3. The Bertz CT molecular complexity index is 760. The van der Waals surface area contributed by atoms with Gasteiger partial charge in [0.25, 0.3) is 0 Å². The number of benzene rings is 2. The molecule has 25 heavy (non-hydrogen) atoms. The third-order valence-electron chi connectivity index (χ3n) is 4.24. The Labute approximate surface area is 148 Å². The summed E-state index contributed by atoms with van der Waals surface area (Å²) in [6.07, 6.45) is -1.45. The van der Waals surface area contributed by atoms with Crippen molar-refractivity contribution in [2.24, 2.45) is 0 Å². The summed E-state index contributed by atoms with van der Waals surface area (Å²) in [5.41, 5.74) is 1.70. The third kappa shape index (κ3) is 4.57. The highest BCUT2D eigenvalue weighted by Gasteiger charge is 2.30. The fraction of sp³-hybridized carbons (Fsp3) is 0.316. The Hall–Kier alpha value is -1.95. The van der Waals surface area contributed by atoms with Gasteiger partial charge in [0.1, 0.15) is 0 Å². The summed E-state index contributed by atoms with van der Waals surface area (Å²) in [5, 5.41) is 3.01. The average Bonchev–Trinajstić information content (AvgIpc) is 2.60. The van der Waals surface area contributed by atoms with Gasteiger partial charge in [-0.2, -0.15) is 13.2 Å². The maximum Gasteiger partial charge on any atom is 0.416 e. The molecule has 1 atom stereocenters. The molecule has 0 saturated heterocycles. The van der Waals surface area contributed by atoms with Crippen LogP contribution in [-0.4, -0.2) is 11.7 Å². The summed E-state index contributed by atoms with van der Waals surface area (Å²) < 4.78 is 38.2. The van der Waals surface area contributed by atoms with Crippen molar-refractivity contribution in [3.8, 4) is 0 Å². The van der Waals surface area contributed by atoms with Crippen LogP contribution in [0.25, 0.3) is 0 Å². The van der Waals surface area contributed by atoms with E-state index in [1.54, 1.807) is 6.07 Å². The normalized spacial score (nSPS) is 17.0. The molecule has 0 heterocycles. The molecule has 2 aromatic carbocycles. The van der Waals surface area contributed by atoms with Crippen LogP contribution in [0.15, 0.2) is 53.4 Å². The van der Waals surface area contributed by atoms with E-state index >= 15 is 0 Å². The second-order valence-electron chi connectivity index (χ2n) is 6.03. The molecule has 0 unspecified atom stereocenters. The van der Waals surface area contributed by atoms with Crippen LogP contribution in [0.5, 0.6) is 0 Å². The number of rotatable bonds is 4. The second-order valence-corrected chi connectivity index (χ2v) is 7.07. The van der Waals surface area contributed by atoms with E-state index in [1.165, 1.54) is 11.6 Å². The largest absolute Gasteiger partial charge is 0.416 e. The molecule has 0 aromatic heterocycles. The molecule has 0 spiro atoms. The van der Waals surface area contributed by atoms with Crippen molar-refractivity contribution in [1.82, 2.24) is 5.32 Å². The molecular formula is C19H18F3NOS. The smallest absolute Gasteiger partial charge is 0.349 e. The van der Waals surface area contributed by atoms with Gasteiger partial charge in [-0.3, -0.25) is 4.79 Å². The standard InChI is InChI=1S/C19H18F3NOS/c20-19(21,22)14-7-4-8-15(11-14)25-12-18(24)23-17-10-3-6-13-5-1-2-9-16(13)17/h1-2,4-5,7-9,11,17H,3,6,10,12H2,(H,23,24)/t17-/m1/s1. The van der Waals surface area contributed by atoms with E-state index in [1.807, 2.05) is 18.2 Å². The molecule has 0 bridgehead atoms. The summed E-state index contributed by atoms with van der Waals surface area (Å²) in [6, 6.07) is 13.1. The third-order valence-corrected chi connectivity index (χ3v) is 5.23. The van der Waals surface area contributed by atoms with Gasteiger partial charge in [-0.1, -0.05) is 30.3 Å². The number of hydrogen-bond donors (Lipinski definition) is 1. The van der Waals surface area contributed by atoms with Crippen LogP contribution >= 0.6 is 11.8 Å². The highest BCUT2D eigenvalue weighted by molar-refractivity contribution is 8.00. The molecule has 1 amide bonds. The van der Waals surface area contributed by atoms with Gasteiger partial charge in [0, 0.05) is 4.90 Å². The van der Waals surface area contributed by atoms with Crippen molar-refractivity contribution >= 4 is 17.7 Å². The Balaban J connectivity index is 1.59. The van der Waals surface area contributed by atoms with E-state index in [0.29, 0.717) is 4.90 Å². The molecule has 2 nitrogen and oxygen atoms in total. The number of amides is 1. The molecule has 2 aromatic rings. The van der Waals surface area contributed by atoms with Gasteiger partial charge in [0.15, 0.2) is 0 Å². The van der Waals surface area contributed by atoms with Gasteiger partial charge in [-0.25, -0.2) is 0 Å². The van der Waals surface area contributed by atoms with Gasteiger partial charge in [-0.05, 0) is 48.6 Å². The molecule has 0 fully saturated rings. The molecule has 132 valence electrons. The van der Waals surface area contributed by atoms with E-state index in [-0.39, 0.29) is 17.7 Å². The molecule has 6 heteroatoms. The predicted octanol–water partition coefficient (Wildman–Crippen LogP) is 4.99. The van der Waals surface area contributed by atoms with E-state index in [2.05, 4.69) is 11.4 Å². The van der Waals surface area contributed by atoms with Crippen LogP contribution in [0, 0.1) is 0 Å². The molecule has 1 N–H and O–H groups in total. The van der Waals surface area contributed by atoms with Crippen LogP contribution in [-0.2, 0) is 17.4 Å². The number of aryl methyl sites for hydroxylation is 1. The lowest BCUT2D eigenvalue weighted by Crippen LogP contribution is -2.32. The lowest BCUT2D eigenvalue weighted by molar-refractivity contribution is -0.137. The Morgan fingerprint density at radius 3 is 2.76 bits per heavy atom. The number of carbonyl (C=O) groups is 1. The highest BCUT2D eigenvalue weighted by atomic mass is 32.2.